The molecule has 0 fully saturated rings. The summed E-state index contributed by atoms with van der Waals surface area (Å²) in [7, 11) is 3.13. The van der Waals surface area contributed by atoms with Gasteiger partial charge in [-0.05, 0) is 58.5 Å². The van der Waals surface area contributed by atoms with Gasteiger partial charge in [0.05, 0.1) is 34.0 Å². The number of aromatic nitrogens is 2. The Morgan fingerprint density at radius 1 is 1.17 bits per heavy atom. The van der Waals surface area contributed by atoms with E-state index in [-0.39, 0.29) is 17.3 Å². The van der Waals surface area contributed by atoms with Gasteiger partial charge in [-0.15, -0.1) is 0 Å². The molecule has 0 saturated heterocycles. The number of fused-ring (bicyclic) bond motifs is 1. The van der Waals surface area contributed by atoms with Crippen molar-refractivity contribution in [3.63, 3.8) is 0 Å². The number of nitrogens with one attached hydrogen (secondary N) is 2. The molecule has 1 amide bonds. The number of methoxy groups -OCH3 is 2. The predicted octanol–water partition coefficient (Wildman–Crippen LogP) is 6.58. The Bertz CT molecular complexity index is 1440. The summed E-state index contributed by atoms with van der Waals surface area (Å²) in [5.74, 6) is 0.274. The van der Waals surface area contributed by atoms with Crippen LogP contribution in [0.4, 0.5) is 21.7 Å². The van der Waals surface area contributed by atoms with Crippen LogP contribution in [-0.2, 0) is 4.79 Å². The van der Waals surface area contributed by atoms with Gasteiger partial charge in [0.15, 0.2) is 0 Å². The zero-order valence-corrected chi connectivity index (χ0v) is 21.6. The van der Waals surface area contributed by atoms with E-state index in [0.29, 0.717) is 22.0 Å². The topological polar surface area (TPSA) is 85.4 Å². The van der Waals surface area contributed by atoms with Crippen molar-refractivity contribution in [3.8, 4) is 22.6 Å². The van der Waals surface area contributed by atoms with Crippen molar-refractivity contribution in [2.45, 2.75) is 0 Å². The average Bonchev–Trinajstić information content (AvgIpc) is 2.86. The van der Waals surface area contributed by atoms with E-state index in [1.807, 2.05) is 18.2 Å². The molecule has 4 aromatic rings. The zero-order chi connectivity index (χ0) is 25.1. The van der Waals surface area contributed by atoms with E-state index in [2.05, 4.69) is 49.8 Å². The van der Waals surface area contributed by atoms with Crippen molar-refractivity contribution in [1.82, 2.24) is 9.97 Å². The van der Waals surface area contributed by atoms with Crippen molar-refractivity contribution >= 4 is 68.3 Å². The van der Waals surface area contributed by atoms with Gasteiger partial charge in [0.1, 0.15) is 23.0 Å². The van der Waals surface area contributed by atoms with Crippen LogP contribution in [0.25, 0.3) is 22.0 Å². The lowest BCUT2D eigenvalue weighted by Gasteiger charge is -2.15. The van der Waals surface area contributed by atoms with Crippen LogP contribution in [0.5, 0.6) is 11.5 Å². The molecule has 0 aliphatic rings. The lowest BCUT2D eigenvalue weighted by molar-refractivity contribution is -0.111. The standard InChI is InChI=1S/C25H19ClFIN4O3/c1-4-20(33)30-17-7-5-6-15(27)24(17)32-25-29-12-14-10-13(8-9-16(14)31-25)21-22(26)18(34-2)11-19(35-3)23(21)28/h4-12H,1H2,2-3H3,(H,30,33)(H,29,31,32). The summed E-state index contributed by atoms with van der Waals surface area (Å²) in [6, 6.07) is 11.7. The second-order valence-corrected chi connectivity index (χ2v) is 8.69. The maximum atomic E-state index is 14.5. The molecule has 0 aliphatic carbocycles. The first-order chi connectivity index (χ1) is 16.9. The number of anilines is 3. The van der Waals surface area contributed by atoms with Gasteiger partial charge in [-0.2, -0.15) is 0 Å². The molecule has 0 spiro atoms. The number of halogens is 3. The van der Waals surface area contributed by atoms with Gasteiger partial charge in [-0.3, -0.25) is 4.79 Å². The third-order valence-electron chi connectivity index (χ3n) is 5.14. The highest BCUT2D eigenvalue weighted by atomic mass is 127. The quantitative estimate of drug-likeness (QED) is 0.183. The van der Waals surface area contributed by atoms with E-state index >= 15 is 0 Å². The number of carbonyl (C=O) groups is 1. The lowest BCUT2D eigenvalue weighted by atomic mass is 10.0. The van der Waals surface area contributed by atoms with Crippen LogP contribution in [-0.4, -0.2) is 30.1 Å². The van der Waals surface area contributed by atoms with Crippen LogP contribution < -0.4 is 20.1 Å². The SMILES string of the molecule is C=CC(=O)Nc1cccc(F)c1Nc1ncc2cc(-c3c(Cl)c(OC)cc(OC)c3I)ccc2n1. The summed E-state index contributed by atoms with van der Waals surface area (Å²) in [5, 5.41) is 6.63. The smallest absolute Gasteiger partial charge is 0.247 e. The van der Waals surface area contributed by atoms with Gasteiger partial charge >= 0.3 is 0 Å². The molecule has 2 N–H and O–H groups in total. The molecule has 0 radical (unpaired) electrons. The average molecular weight is 605 g/mol. The van der Waals surface area contributed by atoms with Crippen LogP contribution in [0, 0.1) is 9.39 Å². The third-order valence-corrected chi connectivity index (χ3v) is 6.58. The summed E-state index contributed by atoms with van der Waals surface area (Å²) >= 11 is 8.81. The van der Waals surface area contributed by atoms with Crippen molar-refractivity contribution in [2.24, 2.45) is 0 Å². The van der Waals surface area contributed by atoms with E-state index in [1.165, 1.54) is 12.1 Å². The Hall–Kier alpha value is -3.44. The van der Waals surface area contributed by atoms with Gasteiger partial charge in [0, 0.05) is 23.2 Å². The Balaban J connectivity index is 1.72. The molecular weight excluding hydrogens is 586 g/mol. The molecular formula is C25H19ClFIN4O3. The molecule has 4 rings (SSSR count). The van der Waals surface area contributed by atoms with Crippen molar-refractivity contribution in [1.29, 1.82) is 0 Å². The lowest BCUT2D eigenvalue weighted by Crippen LogP contribution is -2.10. The molecule has 0 unspecified atom stereocenters. The minimum Gasteiger partial charge on any atom is -0.495 e. The van der Waals surface area contributed by atoms with Crippen LogP contribution in [0.1, 0.15) is 0 Å². The zero-order valence-electron chi connectivity index (χ0n) is 18.7. The summed E-state index contributed by atoms with van der Waals surface area (Å²) in [4.78, 5) is 20.5. The highest BCUT2D eigenvalue weighted by Crippen LogP contribution is 2.44. The number of para-hydroxylation sites is 1. The molecule has 3 aromatic carbocycles. The van der Waals surface area contributed by atoms with E-state index < -0.39 is 11.7 Å². The number of benzene rings is 3. The van der Waals surface area contributed by atoms with E-state index in [9.17, 15) is 9.18 Å². The monoisotopic (exact) mass is 604 g/mol. The number of ether oxygens (including phenoxy) is 2. The molecule has 35 heavy (non-hydrogen) atoms. The first-order valence-corrected chi connectivity index (χ1v) is 11.7. The number of hydrogen-bond acceptors (Lipinski definition) is 6. The fourth-order valence-corrected chi connectivity index (χ4v) is 4.89. The summed E-state index contributed by atoms with van der Waals surface area (Å²) in [5.41, 5.74) is 2.51. The number of hydrogen-bond donors (Lipinski definition) is 2. The third kappa shape index (κ3) is 5.01. The molecule has 10 heteroatoms. The summed E-state index contributed by atoms with van der Waals surface area (Å²) < 4.78 is 26.2. The number of amides is 1. The highest BCUT2D eigenvalue weighted by Gasteiger charge is 2.19. The Kier molecular flexibility index (Phi) is 7.37. The van der Waals surface area contributed by atoms with E-state index in [0.717, 1.165) is 26.2 Å². The first kappa shape index (κ1) is 24.7. The minimum absolute atomic E-state index is 0.0449. The van der Waals surface area contributed by atoms with Gasteiger partial charge < -0.3 is 20.1 Å². The van der Waals surface area contributed by atoms with Crippen LogP contribution in [0.2, 0.25) is 5.02 Å². The highest BCUT2D eigenvalue weighted by molar-refractivity contribution is 14.1. The predicted molar refractivity (Wildman–Crippen MR) is 144 cm³/mol. The maximum absolute atomic E-state index is 14.5. The second kappa shape index (κ2) is 10.4. The molecule has 178 valence electrons. The fraction of sp³-hybridized carbons (Fsp3) is 0.0800. The normalized spacial score (nSPS) is 10.7. The number of carbonyl (C=O) groups excluding carboxylic acids is 1. The minimum atomic E-state index is -0.568. The molecule has 0 bridgehead atoms. The van der Waals surface area contributed by atoms with E-state index in [4.69, 9.17) is 21.1 Å². The first-order valence-electron chi connectivity index (χ1n) is 10.2. The van der Waals surface area contributed by atoms with Gasteiger partial charge in [0.25, 0.3) is 0 Å². The van der Waals surface area contributed by atoms with Gasteiger partial charge in [-0.1, -0.05) is 30.3 Å². The molecule has 0 saturated carbocycles. The Morgan fingerprint density at radius 3 is 2.66 bits per heavy atom. The molecule has 1 heterocycles. The van der Waals surface area contributed by atoms with Crippen LogP contribution in [0.15, 0.2) is 61.3 Å². The number of rotatable bonds is 7. The Labute approximate surface area is 219 Å². The molecule has 1 aromatic heterocycles. The van der Waals surface area contributed by atoms with Crippen LogP contribution in [0.3, 0.4) is 0 Å². The second-order valence-electron chi connectivity index (χ2n) is 7.23. The largest absolute Gasteiger partial charge is 0.495 e. The Morgan fingerprint density at radius 2 is 1.94 bits per heavy atom. The van der Waals surface area contributed by atoms with E-state index in [1.54, 1.807) is 32.5 Å². The van der Waals surface area contributed by atoms with Gasteiger partial charge in [-0.25, -0.2) is 14.4 Å². The fourth-order valence-electron chi connectivity index (χ4n) is 3.44. The summed E-state index contributed by atoms with van der Waals surface area (Å²) in [6.45, 7) is 3.41. The molecule has 0 aliphatic heterocycles. The molecule has 0 atom stereocenters. The number of nitrogens with zero attached hydrogens (tertiary/aromatic N) is 2. The van der Waals surface area contributed by atoms with Crippen molar-refractivity contribution < 1.29 is 18.7 Å². The van der Waals surface area contributed by atoms with Gasteiger partial charge in [0.2, 0.25) is 11.9 Å². The summed E-state index contributed by atoms with van der Waals surface area (Å²) in [6.07, 6.45) is 2.72. The van der Waals surface area contributed by atoms with Crippen molar-refractivity contribution in [3.05, 3.63) is 75.7 Å². The van der Waals surface area contributed by atoms with Crippen LogP contribution >= 0.6 is 34.2 Å². The maximum Gasteiger partial charge on any atom is 0.247 e. The van der Waals surface area contributed by atoms with Crippen molar-refractivity contribution in [2.75, 3.05) is 24.9 Å². The molecule has 7 nitrogen and oxygen atoms in total.